The van der Waals surface area contributed by atoms with E-state index in [1.54, 1.807) is 0 Å². The van der Waals surface area contributed by atoms with E-state index < -0.39 is 0 Å². The maximum Gasteiger partial charge on any atom is 0.163 e. The fourth-order valence-corrected chi connectivity index (χ4v) is 12.0. The van der Waals surface area contributed by atoms with E-state index in [-0.39, 0.29) is 21.7 Å². The van der Waals surface area contributed by atoms with Gasteiger partial charge in [0.05, 0.1) is 27.8 Å². The van der Waals surface area contributed by atoms with Gasteiger partial charge in [-0.2, -0.15) is 0 Å². The topological polar surface area (TPSA) is 48.5 Å². The summed E-state index contributed by atoms with van der Waals surface area (Å²) < 4.78 is 5.04. The van der Waals surface area contributed by atoms with E-state index in [2.05, 4.69) is 207 Å². The van der Waals surface area contributed by atoms with Gasteiger partial charge in [0.15, 0.2) is 5.82 Å². The molecule has 0 amide bonds. The van der Waals surface area contributed by atoms with Crippen LogP contribution in [0.1, 0.15) is 193 Å². The molecule has 0 saturated heterocycles. The van der Waals surface area contributed by atoms with Crippen molar-refractivity contribution in [1.82, 2.24) is 24.1 Å². The zero-order valence-corrected chi connectivity index (χ0v) is 45.4. The first-order valence-electron chi connectivity index (χ1n) is 27.4. The van der Waals surface area contributed by atoms with Crippen molar-refractivity contribution in [2.45, 2.75) is 181 Å². The van der Waals surface area contributed by atoms with Crippen LogP contribution < -0.4 is 0 Å². The summed E-state index contributed by atoms with van der Waals surface area (Å²) in [7, 11) is 0. The molecule has 0 unspecified atom stereocenters. The van der Waals surface area contributed by atoms with Gasteiger partial charge in [0, 0.05) is 50.2 Å². The molecular weight excluding hydrogens is 875 g/mol. The summed E-state index contributed by atoms with van der Waals surface area (Å²) in [6.07, 6.45) is 12.3. The van der Waals surface area contributed by atoms with Gasteiger partial charge in [0.2, 0.25) is 0 Å². The Kier molecular flexibility index (Phi) is 12.0. The molecule has 0 radical (unpaired) electrons. The molecule has 5 nitrogen and oxygen atoms in total. The van der Waals surface area contributed by atoms with E-state index in [1.807, 2.05) is 0 Å². The first-order valence-corrected chi connectivity index (χ1v) is 27.4. The average Bonchev–Trinajstić information content (AvgIpc) is 3.87. The number of benzene rings is 6. The highest BCUT2D eigenvalue weighted by atomic mass is 15.0. The Bertz CT molecular complexity index is 3330. The minimum Gasteiger partial charge on any atom is -0.309 e. The molecule has 2 aliphatic carbocycles. The van der Waals surface area contributed by atoms with Gasteiger partial charge >= 0.3 is 0 Å². The number of hydrogen-bond donors (Lipinski definition) is 0. The molecule has 2 fully saturated rings. The summed E-state index contributed by atoms with van der Waals surface area (Å²) >= 11 is 0. The van der Waals surface area contributed by atoms with Gasteiger partial charge in [-0.25, -0.2) is 15.0 Å². The van der Waals surface area contributed by atoms with Crippen molar-refractivity contribution in [2.75, 3.05) is 0 Å². The van der Waals surface area contributed by atoms with Gasteiger partial charge < -0.3 is 9.13 Å². The van der Waals surface area contributed by atoms with E-state index in [9.17, 15) is 0 Å². The van der Waals surface area contributed by atoms with Gasteiger partial charge in [-0.3, -0.25) is 0 Å². The maximum absolute atomic E-state index is 5.32. The second-order valence-corrected chi connectivity index (χ2v) is 25.9. The largest absolute Gasteiger partial charge is 0.309 e. The maximum atomic E-state index is 5.32. The predicted molar refractivity (Wildman–Crippen MR) is 306 cm³/mol. The lowest BCUT2D eigenvalue weighted by molar-refractivity contribution is 0.409. The van der Waals surface area contributed by atoms with Crippen LogP contribution in [0.15, 0.2) is 115 Å². The van der Waals surface area contributed by atoms with Crippen molar-refractivity contribution in [2.24, 2.45) is 0 Å². The highest BCUT2D eigenvalue weighted by Crippen LogP contribution is 2.44. The normalized spacial score (nSPS) is 15.9. The fourth-order valence-electron chi connectivity index (χ4n) is 12.0. The highest BCUT2D eigenvalue weighted by Gasteiger charge is 2.28. The van der Waals surface area contributed by atoms with Gasteiger partial charge in [-0.1, -0.05) is 170 Å². The van der Waals surface area contributed by atoms with Crippen LogP contribution in [0.2, 0.25) is 0 Å². The van der Waals surface area contributed by atoms with E-state index >= 15 is 0 Å². The van der Waals surface area contributed by atoms with Crippen LogP contribution in [0.3, 0.4) is 0 Å². The molecule has 0 bridgehead atoms. The highest BCUT2D eigenvalue weighted by molar-refractivity contribution is 6.11. The van der Waals surface area contributed by atoms with Crippen molar-refractivity contribution < 1.29 is 0 Å². The van der Waals surface area contributed by atoms with Crippen LogP contribution >= 0.6 is 0 Å². The van der Waals surface area contributed by atoms with E-state index in [4.69, 9.17) is 15.0 Å². The van der Waals surface area contributed by atoms with Crippen molar-refractivity contribution in [3.63, 3.8) is 0 Å². The molecule has 0 spiro atoms. The molecule has 0 atom stereocenters. The summed E-state index contributed by atoms with van der Waals surface area (Å²) in [6, 6.07) is 45.0. The molecular formula is C67H77N5. The second kappa shape index (κ2) is 17.8. The molecule has 6 aromatic carbocycles. The lowest BCUT2D eigenvalue weighted by Crippen LogP contribution is -2.16. The Morgan fingerprint density at radius 2 is 0.722 bits per heavy atom. The first-order chi connectivity index (χ1) is 34.2. The van der Waals surface area contributed by atoms with Crippen molar-refractivity contribution in [3.8, 4) is 33.9 Å². The first kappa shape index (κ1) is 48.2. The molecule has 72 heavy (non-hydrogen) atoms. The third-order valence-electron chi connectivity index (χ3n) is 16.5. The molecule has 2 saturated carbocycles. The third kappa shape index (κ3) is 8.87. The van der Waals surface area contributed by atoms with Crippen molar-refractivity contribution >= 4 is 43.6 Å². The molecule has 11 rings (SSSR count). The predicted octanol–water partition coefficient (Wildman–Crippen LogP) is 18.7. The Labute approximate surface area is 429 Å². The van der Waals surface area contributed by atoms with Gasteiger partial charge in [-0.05, 0) is 142 Å². The summed E-state index contributed by atoms with van der Waals surface area (Å²) in [5.41, 5.74) is 16.0. The van der Waals surface area contributed by atoms with Crippen LogP contribution in [0.25, 0.3) is 77.5 Å². The lowest BCUT2D eigenvalue weighted by Gasteiger charge is -2.24. The van der Waals surface area contributed by atoms with Crippen LogP contribution in [-0.2, 0) is 21.7 Å². The quantitative estimate of drug-likeness (QED) is 0.167. The summed E-state index contributed by atoms with van der Waals surface area (Å²) in [6.45, 7) is 27.8. The summed E-state index contributed by atoms with van der Waals surface area (Å²) in [5.74, 6) is 3.70. The van der Waals surface area contributed by atoms with Crippen LogP contribution in [0.4, 0.5) is 0 Å². The molecule has 5 heteroatoms. The SMILES string of the molecule is CC(C)(C)c1ccc2c(c1)c1cc(C(C)(C)C)ccc1n2-c1ccc(-n2c3ccc(C(C)(C)C)cc3c3cc(C(C)(C)C)ccc32)c(-c2ccc(-c3nc(C4CCCCC4)nc(C4CCCCC4)n3)cc2)c1. The molecule has 0 N–H and O–H groups in total. The van der Waals surface area contributed by atoms with Crippen LogP contribution in [0.5, 0.6) is 0 Å². The molecule has 370 valence electrons. The molecule has 3 heterocycles. The summed E-state index contributed by atoms with van der Waals surface area (Å²) in [5, 5.41) is 5.17. The van der Waals surface area contributed by atoms with Crippen molar-refractivity contribution in [1.29, 1.82) is 0 Å². The Balaban J connectivity index is 1.15. The van der Waals surface area contributed by atoms with Gasteiger partial charge in [0.1, 0.15) is 11.6 Å². The van der Waals surface area contributed by atoms with E-state index in [0.29, 0.717) is 11.8 Å². The van der Waals surface area contributed by atoms with Crippen molar-refractivity contribution in [3.05, 3.63) is 149 Å². The Morgan fingerprint density at radius 3 is 1.10 bits per heavy atom. The zero-order chi connectivity index (χ0) is 50.5. The standard InChI is InChI=1S/C67H77N5/c1-64(2,3)46-27-32-57-52(37-46)53-38-47(65(4,5)6)28-33-58(53)71(57)50-31-36-56(72-59-34-29-48(66(7,8)9)39-54(59)55-40-49(67(10,11)12)30-35-60(55)72)51(41-50)42-23-25-45(26-24-42)63-69-61(43-19-15-13-16-20-43)68-62(70-63)44-21-17-14-18-22-44/h23-41,43-44H,13-22H2,1-12H3. The van der Waals surface area contributed by atoms with Crippen LogP contribution in [0, 0.1) is 0 Å². The number of aromatic nitrogens is 5. The van der Waals surface area contributed by atoms with Gasteiger partial charge in [0.25, 0.3) is 0 Å². The molecule has 2 aliphatic rings. The lowest BCUT2D eigenvalue weighted by atomic mass is 9.85. The number of hydrogen-bond acceptors (Lipinski definition) is 3. The molecule has 3 aromatic heterocycles. The van der Waals surface area contributed by atoms with Gasteiger partial charge in [-0.15, -0.1) is 0 Å². The van der Waals surface area contributed by atoms with E-state index in [0.717, 1.165) is 40.0 Å². The minimum atomic E-state index is 0.00920. The number of nitrogens with zero attached hydrogens (tertiary/aromatic N) is 5. The molecule has 0 aliphatic heterocycles. The zero-order valence-electron chi connectivity index (χ0n) is 45.4. The number of rotatable bonds is 6. The molecule has 9 aromatic rings. The minimum absolute atomic E-state index is 0.00920. The van der Waals surface area contributed by atoms with E-state index in [1.165, 1.54) is 136 Å². The van der Waals surface area contributed by atoms with Crippen LogP contribution in [-0.4, -0.2) is 24.1 Å². The second-order valence-electron chi connectivity index (χ2n) is 25.9. The average molecular weight is 952 g/mol. The monoisotopic (exact) mass is 952 g/mol. The summed E-state index contributed by atoms with van der Waals surface area (Å²) in [4.78, 5) is 15.9. The fraction of sp³-hybridized carbons (Fsp3) is 0.418. The number of fused-ring (bicyclic) bond motifs is 6. The Morgan fingerprint density at radius 1 is 0.361 bits per heavy atom. The third-order valence-corrected chi connectivity index (χ3v) is 16.5. The Hall–Kier alpha value is -6.07. The smallest absolute Gasteiger partial charge is 0.163 e.